The van der Waals surface area contributed by atoms with Crippen molar-refractivity contribution in [2.45, 2.75) is 45.3 Å². The highest BCUT2D eigenvalue weighted by Gasteiger charge is 2.53. The van der Waals surface area contributed by atoms with E-state index >= 15 is 0 Å². The Morgan fingerprint density at radius 3 is 1.82 bits per heavy atom. The van der Waals surface area contributed by atoms with Crippen LogP contribution in [0.2, 0.25) is 0 Å². The molecule has 2 aromatic carbocycles. The molecular formula is C22H25N3O3. The number of carbonyl (C=O) groups excluding carboxylic acids is 1. The van der Waals surface area contributed by atoms with Gasteiger partial charge in [0.15, 0.2) is 0 Å². The first kappa shape index (κ1) is 19.6. The summed E-state index contributed by atoms with van der Waals surface area (Å²) in [6, 6.07) is 18.2. The van der Waals surface area contributed by atoms with E-state index in [9.17, 15) is 14.7 Å². The topological polar surface area (TPSA) is 73.2 Å². The van der Waals surface area contributed by atoms with Crippen molar-refractivity contribution in [3.8, 4) is 0 Å². The van der Waals surface area contributed by atoms with Crippen molar-refractivity contribution >= 4 is 17.7 Å². The summed E-state index contributed by atoms with van der Waals surface area (Å²) in [4.78, 5) is 25.9. The largest absolute Gasteiger partial charge is 0.465 e. The zero-order valence-electron chi connectivity index (χ0n) is 16.5. The molecule has 0 radical (unpaired) electrons. The predicted octanol–water partition coefficient (Wildman–Crippen LogP) is 3.82. The Bertz CT molecular complexity index is 847. The van der Waals surface area contributed by atoms with Crippen LogP contribution in [0, 0.1) is 0 Å². The monoisotopic (exact) mass is 379 g/mol. The number of hydrazone groups is 1. The molecule has 1 saturated heterocycles. The molecule has 0 spiro atoms. The minimum atomic E-state index is -1.10. The van der Waals surface area contributed by atoms with E-state index in [0.717, 1.165) is 11.1 Å². The lowest BCUT2D eigenvalue weighted by atomic mass is 9.92. The van der Waals surface area contributed by atoms with Gasteiger partial charge in [-0.2, -0.15) is 5.10 Å². The summed E-state index contributed by atoms with van der Waals surface area (Å²) in [7, 11) is 0. The summed E-state index contributed by atoms with van der Waals surface area (Å²) in [6.45, 7) is 7.18. The van der Waals surface area contributed by atoms with Crippen molar-refractivity contribution in [2.75, 3.05) is 0 Å². The van der Waals surface area contributed by atoms with Crippen LogP contribution >= 0.6 is 0 Å². The molecule has 2 aromatic rings. The van der Waals surface area contributed by atoms with Crippen molar-refractivity contribution < 1.29 is 14.7 Å². The highest BCUT2D eigenvalue weighted by Crippen LogP contribution is 2.31. The molecule has 3 rings (SSSR count). The number of benzene rings is 2. The molecule has 0 saturated carbocycles. The summed E-state index contributed by atoms with van der Waals surface area (Å²) in [5.41, 5.74) is 1.78. The van der Waals surface area contributed by atoms with Crippen molar-refractivity contribution in [3.63, 3.8) is 0 Å². The van der Waals surface area contributed by atoms with Gasteiger partial charge in [0.1, 0.15) is 6.04 Å². The number of β-lactam (4-membered cyclic amide) rings is 1. The average molecular weight is 379 g/mol. The Balaban J connectivity index is 1.97. The number of hydrogen-bond acceptors (Lipinski definition) is 3. The Kier molecular flexibility index (Phi) is 5.23. The molecule has 0 bridgehead atoms. The molecular weight excluding hydrogens is 354 g/mol. The van der Waals surface area contributed by atoms with Gasteiger partial charge in [0.2, 0.25) is 0 Å². The molecule has 146 valence electrons. The van der Waals surface area contributed by atoms with Crippen LogP contribution in [-0.4, -0.2) is 50.4 Å². The van der Waals surface area contributed by atoms with Crippen LogP contribution in [0.3, 0.4) is 0 Å². The molecule has 1 aliphatic heterocycles. The molecule has 1 fully saturated rings. The Morgan fingerprint density at radius 1 is 1.00 bits per heavy atom. The van der Waals surface area contributed by atoms with Gasteiger partial charge in [-0.25, -0.2) is 9.80 Å². The molecule has 1 N–H and O–H groups in total. The minimum absolute atomic E-state index is 0.311. The molecule has 6 nitrogen and oxygen atoms in total. The number of hydrogen-bond donors (Lipinski definition) is 1. The molecule has 1 heterocycles. The maximum Gasteiger partial charge on any atom is 0.408 e. The normalized spacial score (nSPS) is 19.0. The second kappa shape index (κ2) is 7.46. The standard InChI is InChI=1S/C22H25N3O3/c1-15-19(24(21(27)28)22(2,3)4)20(26)25(15)23-18(16-11-7-5-8-12-16)17-13-9-6-10-14-17/h5-15,19H,1-4H3,(H,27,28)/t15-,19-/m0/s1. The van der Waals surface area contributed by atoms with Crippen LogP contribution in [-0.2, 0) is 4.79 Å². The first-order valence-electron chi connectivity index (χ1n) is 9.26. The van der Waals surface area contributed by atoms with E-state index in [1.165, 1.54) is 9.91 Å². The van der Waals surface area contributed by atoms with Crippen molar-refractivity contribution in [1.82, 2.24) is 9.91 Å². The third-order valence-corrected chi connectivity index (χ3v) is 4.83. The zero-order chi connectivity index (χ0) is 20.5. The fourth-order valence-corrected chi connectivity index (χ4v) is 3.47. The quantitative estimate of drug-likeness (QED) is 0.648. The van der Waals surface area contributed by atoms with Gasteiger partial charge >= 0.3 is 6.09 Å². The van der Waals surface area contributed by atoms with Gasteiger partial charge in [0.25, 0.3) is 5.91 Å². The second-order valence-electron chi connectivity index (χ2n) is 7.87. The fraction of sp³-hybridized carbons (Fsp3) is 0.318. The van der Waals surface area contributed by atoms with Crippen LogP contribution in [0.4, 0.5) is 4.79 Å². The molecule has 1 aliphatic rings. The maximum atomic E-state index is 12.9. The van der Waals surface area contributed by atoms with Gasteiger partial charge in [0.05, 0.1) is 11.8 Å². The van der Waals surface area contributed by atoms with Gasteiger partial charge in [-0.05, 0) is 27.7 Å². The summed E-state index contributed by atoms with van der Waals surface area (Å²) < 4.78 is 0. The van der Waals surface area contributed by atoms with E-state index in [1.54, 1.807) is 20.8 Å². The van der Waals surface area contributed by atoms with E-state index in [4.69, 9.17) is 0 Å². The lowest BCUT2D eigenvalue weighted by Gasteiger charge is -2.50. The summed E-state index contributed by atoms with van der Waals surface area (Å²) >= 11 is 0. The Morgan fingerprint density at radius 2 is 1.46 bits per heavy atom. The van der Waals surface area contributed by atoms with E-state index in [1.807, 2.05) is 67.6 Å². The van der Waals surface area contributed by atoms with E-state index in [0.29, 0.717) is 5.71 Å². The maximum absolute atomic E-state index is 12.9. The van der Waals surface area contributed by atoms with E-state index in [-0.39, 0.29) is 11.9 Å². The minimum Gasteiger partial charge on any atom is -0.465 e. The smallest absolute Gasteiger partial charge is 0.408 e. The summed E-state index contributed by atoms with van der Waals surface area (Å²) in [5, 5.41) is 15.7. The van der Waals surface area contributed by atoms with Gasteiger partial charge in [-0.3, -0.25) is 9.69 Å². The van der Waals surface area contributed by atoms with Crippen LogP contribution in [0.15, 0.2) is 65.8 Å². The molecule has 2 amide bonds. The van der Waals surface area contributed by atoms with Crippen molar-refractivity contribution in [2.24, 2.45) is 5.10 Å². The zero-order valence-corrected chi connectivity index (χ0v) is 16.5. The highest BCUT2D eigenvalue weighted by atomic mass is 16.4. The third-order valence-electron chi connectivity index (χ3n) is 4.83. The van der Waals surface area contributed by atoms with Crippen molar-refractivity contribution in [3.05, 3.63) is 71.8 Å². The summed E-state index contributed by atoms with van der Waals surface area (Å²) in [6.07, 6.45) is -1.10. The number of rotatable bonds is 4. The lowest BCUT2D eigenvalue weighted by Crippen LogP contribution is -2.71. The lowest BCUT2D eigenvalue weighted by molar-refractivity contribution is -0.160. The van der Waals surface area contributed by atoms with Crippen LogP contribution in [0.1, 0.15) is 38.8 Å². The van der Waals surface area contributed by atoms with Crippen LogP contribution < -0.4 is 0 Å². The van der Waals surface area contributed by atoms with Gasteiger partial charge < -0.3 is 5.11 Å². The highest BCUT2D eigenvalue weighted by molar-refractivity contribution is 6.13. The third kappa shape index (κ3) is 3.63. The van der Waals surface area contributed by atoms with Crippen molar-refractivity contribution in [1.29, 1.82) is 0 Å². The number of carboxylic acid groups (broad SMARTS) is 1. The first-order chi connectivity index (χ1) is 13.2. The number of amides is 2. The number of nitrogens with zero attached hydrogens (tertiary/aromatic N) is 3. The van der Waals surface area contributed by atoms with Crippen LogP contribution in [0.25, 0.3) is 0 Å². The Labute approximate surface area is 165 Å². The first-order valence-corrected chi connectivity index (χ1v) is 9.26. The predicted molar refractivity (Wildman–Crippen MR) is 108 cm³/mol. The van der Waals surface area contributed by atoms with E-state index in [2.05, 4.69) is 5.10 Å². The van der Waals surface area contributed by atoms with Crippen LogP contribution in [0.5, 0.6) is 0 Å². The molecule has 2 atom stereocenters. The average Bonchev–Trinajstić information content (AvgIpc) is 2.66. The van der Waals surface area contributed by atoms with Gasteiger partial charge in [0, 0.05) is 16.7 Å². The van der Waals surface area contributed by atoms with Gasteiger partial charge in [-0.1, -0.05) is 60.7 Å². The molecule has 28 heavy (non-hydrogen) atoms. The molecule has 0 unspecified atom stereocenters. The molecule has 6 heteroatoms. The van der Waals surface area contributed by atoms with Gasteiger partial charge in [-0.15, -0.1) is 0 Å². The Hall–Kier alpha value is -3.15. The molecule has 0 aromatic heterocycles. The fourth-order valence-electron chi connectivity index (χ4n) is 3.47. The molecule has 0 aliphatic carbocycles. The number of carbonyl (C=O) groups is 2. The second-order valence-corrected chi connectivity index (χ2v) is 7.87. The van der Waals surface area contributed by atoms with E-state index < -0.39 is 17.7 Å². The SMILES string of the molecule is C[C@H]1[C@H](N(C(=O)O)C(C)(C)C)C(=O)N1N=C(c1ccccc1)c1ccccc1. The summed E-state index contributed by atoms with van der Waals surface area (Å²) in [5.74, 6) is -0.311.